The van der Waals surface area contributed by atoms with Crippen LogP contribution in [0.25, 0.3) is 0 Å². The molecule has 0 saturated carbocycles. The molecule has 0 aliphatic heterocycles. The summed E-state index contributed by atoms with van der Waals surface area (Å²) in [6, 6.07) is 16.9. The molecule has 5 heteroatoms. The number of nitrogens with zero attached hydrogens (tertiary/aromatic N) is 1. The molecule has 0 radical (unpaired) electrons. The molecule has 0 spiro atoms. The topological polar surface area (TPSA) is 61.4 Å². The Morgan fingerprint density at radius 2 is 1.58 bits per heavy atom. The average molecular weight is 353 g/mol. The SMILES string of the molecule is CC(C)C(NC(=O)Nc1ccccc1CC(=O)N(C)C)c1ccccc1. The number of hydrogen-bond donors (Lipinski definition) is 2. The Bertz CT molecular complexity index is 742. The van der Waals surface area contributed by atoms with E-state index in [0.29, 0.717) is 5.69 Å². The zero-order valence-corrected chi connectivity index (χ0v) is 15.8. The van der Waals surface area contributed by atoms with Crippen molar-refractivity contribution in [3.05, 3.63) is 65.7 Å². The zero-order valence-electron chi connectivity index (χ0n) is 15.8. The van der Waals surface area contributed by atoms with E-state index in [1.165, 1.54) is 0 Å². The first-order chi connectivity index (χ1) is 12.4. The molecule has 5 nitrogen and oxygen atoms in total. The zero-order chi connectivity index (χ0) is 19.1. The predicted octanol–water partition coefficient (Wildman–Crippen LogP) is 3.84. The van der Waals surface area contributed by atoms with Gasteiger partial charge < -0.3 is 15.5 Å². The molecule has 3 amide bonds. The molecular formula is C21H27N3O2. The highest BCUT2D eigenvalue weighted by molar-refractivity contribution is 5.91. The van der Waals surface area contributed by atoms with Gasteiger partial charge in [-0.2, -0.15) is 0 Å². The first-order valence-electron chi connectivity index (χ1n) is 8.79. The summed E-state index contributed by atoms with van der Waals surface area (Å²) in [6.45, 7) is 4.14. The third-order valence-corrected chi connectivity index (χ3v) is 4.22. The molecule has 0 aliphatic rings. The molecule has 2 aromatic carbocycles. The van der Waals surface area contributed by atoms with Crippen molar-refractivity contribution < 1.29 is 9.59 Å². The lowest BCUT2D eigenvalue weighted by Gasteiger charge is -2.23. The first kappa shape index (κ1) is 19.5. The fraction of sp³-hybridized carbons (Fsp3) is 0.333. The van der Waals surface area contributed by atoms with Gasteiger partial charge in [-0.1, -0.05) is 62.4 Å². The van der Waals surface area contributed by atoms with Crippen molar-refractivity contribution in [1.29, 1.82) is 0 Å². The normalized spacial score (nSPS) is 11.7. The fourth-order valence-corrected chi connectivity index (χ4v) is 2.71. The van der Waals surface area contributed by atoms with Crippen LogP contribution in [0.2, 0.25) is 0 Å². The highest BCUT2D eigenvalue weighted by atomic mass is 16.2. The molecule has 2 aromatic rings. The molecule has 0 saturated heterocycles. The number of nitrogens with one attached hydrogen (secondary N) is 2. The second kappa shape index (κ2) is 9.04. The van der Waals surface area contributed by atoms with E-state index in [0.717, 1.165) is 11.1 Å². The minimum atomic E-state index is -0.280. The van der Waals surface area contributed by atoms with E-state index in [9.17, 15) is 9.59 Å². The number of para-hydroxylation sites is 1. The monoisotopic (exact) mass is 353 g/mol. The van der Waals surface area contributed by atoms with Crippen molar-refractivity contribution in [2.75, 3.05) is 19.4 Å². The van der Waals surface area contributed by atoms with Crippen LogP contribution < -0.4 is 10.6 Å². The standard InChI is InChI=1S/C21H27N3O2/c1-15(2)20(16-10-6-5-7-11-16)23-21(26)22-18-13-9-8-12-17(18)14-19(25)24(3)4/h5-13,15,20H,14H2,1-4H3,(H2,22,23,26). The molecule has 1 atom stereocenters. The fourth-order valence-electron chi connectivity index (χ4n) is 2.71. The van der Waals surface area contributed by atoms with Crippen LogP contribution in [0.15, 0.2) is 54.6 Å². The number of carbonyl (C=O) groups excluding carboxylic acids is 2. The largest absolute Gasteiger partial charge is 0.349 e. The van der Waals surface area contributed by atoms with Crippen LogP contribution in [0.4, 0.5) is 10.5 Å². The van der Waals surface area contributed by atoms with Crippen molar-refractivity contribution in [3.63, 3.8) is 0 Å². The van der Waals surface area contributed by atoms with E-state index in [1.54, 1.807) is 19.0 Å². The van der Waals surface area contributed by atoms with Crippen molar-refractivity contribution in [1.82, 2.24) is 10.2 Å². The Morgan fingerprint density at radius 3 is 2.19 bits per heavy atom. The quantitative estimate of drug-likeness (QED) is 0.829. The number of rotatable bonds is 6. The molecule has 0 aromatic heterocycles. The van der Waals surface area contributed by atoms with E-state index >= 15 is 0 Å². The first-order valence-corrected chi connectivity index (χ1v) is 8.79. The van der Waals surface area contributed by atoms with Gasteiger partial charge in [0.1, 0.15) is 0 Å². The van der Waals surface area contributed by atoms with E-state index < -0.39 is 0 Å². The van der Waals surface area contributed by atoms with Crippen LogP contribution in [-0.2, 0) is 11.2 Å². The van der Waals surface area contributed by atoms with E-state index in [1.807, 2.05) is 54.6 Å². The molecule has 2 N–H and O–H groups in total. The number of benzene rings is 2. The number of likely N-dealkylation sites (N-methyl/N-ethyl adjacent to an activating group) is 1. The second-order valence-electron chi connectivity index (χ2n) is 6.85. The summed E-state index contributed by atoms with van der Waals surface area (Å²) in [4.78, 5) is 26.1. The third kappa shape index (κ3) is 5.34. The predicted molar refractivity (Wildman–Crippen MR) is 105 cm³/mol. The molecular weight excluding hydrogens is 326 g/mol. The van der Waals surface area contributed by atoms with E-state index in [4.69, 9.17) is 0 Å². The van der Waals surface area contributed by atoms with Gasteiger partial charge >= 0.3 is 6.03 Å². The van der Waals surface area contributed by atoms with Crippen LogP contribution in [0.5, 0.6) is 0 Å². The lowest BCUT2D eigenvalue weighted by atomic mass is 9.96. The smallest absolute Gasteiger partial charge is 0.319 e. The minimum Gasteiger partial charge on any atom is -0.349 e. The maximum atomic E-state index is 12.6. The van der Waals surface area contributed by atoms with Gasteiger partial charge in [0.15, 0.2) is 0 Å². The van der Waals surface area contributed by atoms with Gasteiger partial charge in [0, 0.05) is 19.8 Å². The summed E-state index contributed by atoms with van der Waals surface area (Å²) in [5.41, 5.74) is 2.51. The maximum Gasteiger partial charge on any atom is 0.319 e. The Balaban J connectivity index is 2.11. The number of carbonyl (C=O) groups is 2. The summed E-state index contributed by atoms with van der Waals surface area (Å²) in [6.07, 6.45) is 0.246. The van der Waals surface area contributed by atoms with Gasteiger partial charge in [0.05, 0.1) is 12.5 Å². The molecule has 0 bridgehead atoms. The van der Waals surface area contributed by atoms with Gasteiger partial charge in [0.25, 0.3) is 0 Å². The van der Waals surface area contributed by atoms with E-state index in [-0.39, 0.29) is 30.3 Å². The van der Waals surface area contributed by atoms with Crippen molar-refractivity contribution in [2.24, 2.45) is 5.92 Å². The Labute approximate surface area is 155 Å². The number of hydrogen-bond acceptors (Lipinski definition) is 2. The molecule has 1 unspecified atom stereocenters. The molecule has 0 aliphatic carbocycles. The lowest BCUT2D eigenvalue weighted by Crippen LogP contribution is -2.35. The average Bonchev–Trinajstić information content (AvgIpc) is 2.61. The highest BCUT2D eigenvalue weighted by Crippen LogP contribution is 2.22. The van der Waals surface area contributed by atoms with Crippen LogP contribution in [0.1, 0.15) is 31.0 Å². The summed E-state index contributed by atoms with van der Waals surface area (Å²) >= 11 is 0. The van der Waals surface area contributed by atoms with Crippen LogP contribution in [0.3, 0.4) is 0 Å². The minimum absolute atomic E-state index is 0.0102. The Morgan fingerprint density at radius 1 is 0.962 bits per heavy atom. The molecule has 2 rings (SSSR count). The van der Waals surface area contributed by atoms with Crippen LogP contribution >= 0.6 is 0 Å². The maximum absolute atomic E-state index is 12.6. The summed E-state index contributed by atoms with van der Waals surface area (Å²) in [7, 11) is 3.44. The van der Waals surface area contributed by atoms with E-state index in [2.05, 4.69) is 24.5 Å². The lowest BCUT2D eigenvalue weighted by molar-refractivity contribution is -0.127. The molecule has 0 fully saturated rings. The Kier molecular flexibility index (Phi) is 6.78. The van der Waals surface area contributed by atoms with Crippen molar-refractivity contribution in [2.45, 2.75) is 26.3 Å². The summed E-state index contributed by atoms with van der Waals surface area (Å²) in [5, 5.41) is 5.93. The molecule has 26 heavy (non-hydrogen) atoms. The van der Waals surface area contributed by atoms with Gasteiger partial charge in [0.2, 0.25) is 5.91 Å². The van der Waals surface area contributed by atoms with Gasteiger partial charge in [-0.25, -0.2) is 4.79 Å². The highest BCUT2D eigenvalue weighted by Gasteiger charge is 2.19. The number of amides is 3. The summed E-state index contributed by atoms with van der Waals surface area (Å²) in [5.74, 6) is 0.234. The second-order valence-corrected chi connectivity index (χ2v) is 6.85. The molecule has 138 valence electrons. The van der Waals surface area contributed by atoms with Crippen molar-refractivity contribution in [3.8, 4) is 0 Å². The van der Waals surface area contributed by atoms with Crippen LogP contribution in [0, 0.1) is 5.92 Å². The van der Waals surface area contributed by atoms with Crippen LogP contribution in [-0.4, -0.2) is 30.9 Å². The Hall–Kier alpha value is -2.82. The van der Waals surface area contributed by atoms with Gasteiger partial charge in [-0.05, 0) is 23.1 Å². The van der Waals surface area contributed by atoms with Crippen molar-refractivity contribution >= 4 is 17.6 Å². The third-order valence-electron chi connectivity index (χ3n) is 4.22. The van der Waals surface area contributed by atoms with Gasteiger partial charge in [-0.3, -0.25) is 4.79 Å². The number of anilines is 1. The summed E-state index contributed by atoms with van der Waals surface area (Å²) < 4.78 is 0. The van der Waals surface area contributed by atoms with Gasteiger partial charge in [-0.15, -0.1) is 0 Å². The number of urea groups is 1. The molecule has 0 heterocycles.